The molecule has 5 heteroatoms. The van der Waals surface area contributed by atoms with Crippen molar-refractivity contribution in [1.29, 1.82) is 0 Å². The van der Waals surface area contributed by atoms with E-state index in [0.717, 1.165) is 32.1 Å². The van der Waals surface area contributed by atoms with Crippen LogP contribution in [-0.4, -0.2) is 21.4 Å². The van der Waals surface area contributed by atoms with Crippen molar-refractivity contribution >= 4 is 44.1 Å². The summed E-state index contributed by atoms with van der Waals surface area (Å²) in [6, 6.07) is 23.9. The summed E-state index contributed by atoms with van der Waals surface area (Å²) >= 11 is 1.46. The maximum Gasteiger partial charge on any atom is 0.323 e. The first-order chi connectivity index (χ1) is 15.0. The lowest BCUT2D eigenvalue weighted by Gasteiger charge is -2.05. The molecular formula is C26H19NO3S. The number of aryl methyl sites for hydroxylation is 1. The monoisotopic (exact) mass is 425 g/mol. The van der Waals surface area contributed by atoms with E-state index in [2.05, 4.69) is 24.3 Å². The largest absolute Gasteiger partial charge is 0.480 e. The first-order valence-corrected chi connectivity index (χ1v) is 10.8. The SMILES string of the molecule is Cc1ccc(-c2ccc3c(c2)c(C(=O)c2cc4ccccc4s2)cn3CC(=O)O)cc1. The van der Waals surface area contributed by atoms with Gasteiger partial charge in [-0.05, 0) is 47.7 Å². The molecule has 152 valence electrons. The molecule has 0 spiro atoms. The van der Waals surface area contributed by atoms with Gasteiger partial charge in [-0.15, -0.1) is 11.3 Å². The zero-order chi connectivity index (χ0) is 21.5. The van der Waals surface area contributed by atoms with E-state index in [1.807, 2.05) is 55.5 Å². The third kappa shape index (κ3) is 3.53. The number of fused-ring (bicyclic) bond motifs is 2. The Bertz CT molecular complexity index is 1420. The topological polar surface area (TPSA) is 59.3 Å². The summed E-state index contributed by atoms with van der Waals surface area (Å²) in [5.74, 6) is -1.03. The Labute approximate surface area is 183 Å². The smallest absolute Gasteiger partial charge is 0.323 e. The second-order valence-corrected chi connectivity index (χ2v) is 8.72. The fourth-order valence-electron chi connectivity index (χ4n) is 3.91. The lowest BCUT2D eigenvalue weighted by Crippen LogP contribution is -2.07. The summed E-state index contributed by atoms with van der Waals surface area (Å²) in [5.41, 5.74) is 4.49. The molecule has 2 heterocycles. The van der Waals surface area contributed by atoms with Gasteiger partial charge in [0.25, 0.3) is 0 Å². The molecule has 0 unspecified atom stereocenters. The molecule has 2 aromatic heterocycles. The molecule has 5 aromatic rings. The van der Waals surface area contributed by atoms with Crippen LogP contribution in [0.3, 0.4) is 0 Å². The van der Waals surface area contributed by atoms with Crippen LogP contribution in [0.5, 0.6) is 0 Å². The van der Waals surface area contributed by atoms with Gasteiger partial charge < -0.3 is 9.67 Å². The Morgan fingerprint density at radius 3 is 2.42 bits per heavy atom. The number of carbonyl (C=O) groups is 2. The Morgan fingerprint density at radius 2 is 1.68 bits per heavy atom. The fourth-order valence-corrected chi connectivity index (χ4v) is 4.92. The number of hydrogen-bond donors (Lipinski definition) is 1. The highest BCUT2D eigenvalue weighted by Gasteiger charge is 2.20. The lowest BCUT2D eigenvalue weighted by atomic mass is 10.0. The minimum absolute atomic E-state index is 0.0867. The van der Waals surface area contributed by atoms with E-state index in [4.69, 9.17) is 0 Å². The molecule has 4 nitrogen and oxygen atoms in total. The molecule has 0 saturated carbocycles. The summed E-state index contributed by atoms with van der Waals surface area (Å²) in [4.78, 5) is 25.5. The average Bonchev–Trinajstić information content (AvgIpc) is 3.35. The lowest BCUT2D eigenvalue weighted by molar-refractivity contribution is -0.137. The molecule has 0 saturated heterocycles. The molecule has 3 aromatic carbocycles. The predicted molar refractivity (Wildman–Crippen MR) is 125 cm³/mol. The molecule has 5 rings (SSSR count). The highest BCUT2D eigenvalue weighted by Crippen LogP contribution is 2.32. The normalized spacial score (nSPS) is 11.3. The van der Waals surface area contributed by atoms with E-state index in [1.54, 1.807) is 10.8 Å². The number of rotatable bonds is 5. The maximum absolute atomic E-state index is 13.5. The molecule has 0 fully saturated rings. The number of aromatic nitrogens is 1. The van der Waals surface area contributed by atoms with Crippen LogP contribution >= 0.6 is 11.3 Å². The van der Waals surface area contributed by atoms with Gasteiger partial charge in [0.1, 0.15) is 6.54 Å². The van der Waals surface area contributed by atoms with Gasteiger partial charge in [-0.2, -0.15) is 0 Å². The molecule has 0 aliphatic rings. The van der Waals surface area contributed by atoms with E-state index in [9.17, 15) is 14.7 Å². The Hall–Kier alpha value is -3.70. The van der Waals surface area contributed by atoms with Crippen LogP contribution in [0, 0.1) is 6.92 Å². The van der Waals surface area contributed by atoms with Crippen LogP contribution in [0.2, 0.25) is 0 Å². The molecular weight excluding hydrogens is 406 g/mol. The Balaban J connectivity index is 1.67. The van der Waals surface area contributed by atoms with Gasteiger partial charge >= 0.3 is 5.97 Å². The molecule has 0 atom stereocenters. The third-order valence-corrected chi connectivity index (χ3v) is 6.58. The molecule has 0 aliphatic carbocycles. The van der Waals surface area contributed by atoms with Gasteiger partial charge in [0, 0.05) is 27.4 Å². The number of carbonyl (C=O) groups excluding carboxylic acids is 1. The summed E-state index contributed by atoms with van der Waals surface area (Å²) in [7, 11) is 0. The van der Waals surface area contributed by atoms with Crippen LogP contribution in [0.25, 0.3) is 32.1 Å². The van der Waals surface area contributed by atoms with Crippen molar-refractivity contribution in [2.75, 3.05) is 0 Å². The summed E-state index contributed by atoms with van der Waals surface area (Å²) in [6.07, 6.45) is 1.67. The van der Waals surface area contributed by atoms with Crippen LogP contribution in [0.4, 0.5) is 0 Å². The van der Waals surface area contributed by atoms with Crippen molar-refractivity contribution in [3.63, 3.8) is 0 Å². The molecule has 1 N–H and O–H groups in total. The standard InChI is InChI=1S/C26H19NO3S/c1-16-6-8-17(9-7-16)18-10-11-22-20(12-18)21(14-27(22)15-25(28)29)26(30)24-13-19-4-2-3-5-23(19)31-24/h2-14H,15H2,1H3,(H,28,29). The first-order valence-electron chi connectivity index (χ1n) is 9.94. The highest BCUT2D eigenvalue weighted by atomic mass is 32.1. The van der Waals surface area contributed by atoms with Gasteiger partial charge in [0.05, 0.1) is 4.88 Å². The number of carboxylic acids is 1. The Kier molecular flexibility index (Phi) is 4.68. The number of aliphatic carboxylic acids is 1. The maximum atomic E-state index is 13.5. The summed E-state index contributed by atoms with van der Waals surface area (Å²) in [6.45, 7) is 1.85. The number of benzene rings is 3. The molecule has 0 bridgehead atoms. The van der Waals surface area contributed by atoms with Gasteiger partial charge in [-0.3, -0.25) is 9.59 Å². The van der Waals surface area contributed by atoms with Crippen molar-refractivity contribution in [3.8, 4) is 11.1 Å². The van der Waals surface area contributed by atoms with E-state index in [1.165, 1.54) is 16.9 Å². The Morgan fingerprint density at radius 1 is 0.935 bits per heavy atom. The van der Waals surface area contributed by atoms with E-state index in [0.29, 0.717) is 10.4 Å². The third-order valence-electron chi connectivity index (χ3n) is 5.47. The quantitative estimate of drug-likeness (QED) is 0.344. The second-order valence-electron chi connectivity index (χ2n) is 7.64. The van der Waals surface area contributed by atoms with Crippen molar-refractivity contribution < 1.29 is 14.7 Å². The fraction of sp³-hybridized carbons (Fsp3) is 0.0769. The summed E-state index contributed by atoms with van der Waals surface area (Å²) in [5, 5.41) is 11.1. The van der Waals surface area contributed by atoms with Crippen molar-refractivity contribution in [2.45, 2.75) is 13.5 Å². The second kappa shape index (κ2) is 7.52. The molecule has 31 heavy (non-hydrogen) atoms. The van der Waals surface area contributed by atoms with Crippen molar-refractivity contribution in [2.24, 2.45) is 0 Å². The van der Waals surface area contributed by atoms with E-state index in [-0.39, 0.29) is 12.3 Å². The zero-order valence-electron chi connectivity index (χ0n) is 16.8. The summed E-state index contributed by atoms with van der Waals surface area (Å²) < 4.78 is 2.69. The van der Waals surface area contributed by atoms with Gasteiger partial charge in [0.2, 0.25) is 5.78 Å². The number of hydrogen-bond acceptors (Lipinski definition) is 3. The van der Waals surface area contributed by atoms with Crippen molar-refractivity contribution in [3.05, 3.63) is 95.0 Å². The minimum Gasteiger partial charge on any atom is -0.480 e. The molecule has 0 radical (unpaired) electrons. The minimum atomic E-state index is -0.944. The zero-order valence-corrected chi connectivity index (χ0v) is 17.6. The first kappa shape index (κ1) is 19.3. The molecule has 0 amide bonds. The van der Waals surface area contributed by atoms with E-state index >= 15 is 0 Å². The van der Waals surface area contributed by atoms with Crippen LogP contribution < -0.4 is 0 Å². The molecule has 0 aliphatic heterocycles. The van der Waals surface area contributed by atoms with Gasteiger partial charge in [0.15, 0.2) is 0 Å². The van der Waals surface area contributed by atoms with Crippen molar-refractivity contribution in [1.82, 2.24) is 4.57 Å². The number of thiophene rings is 1. The highest BCUT2D eigenvalue weighted by molar-refractivity contribution is 7.21. The number of nitrogens with zero attached hydrogens (tertiary/aromatic N) is 1. The average molecular weight is 426 g/mol. The number of ketones is 1. The van der Waals surface area contributed by atoms with Gasteiger partial charge in [-0.25, -0.2) is 0 Å². The predicted octanol–water partition coefficient (Wildman–Crippen LogP) is 6.15. The van der Waals surface area contributed by atoms with Crippen LogP contribution in [-0.2, 0) is 11.3 Å². The van der Waals surface area contributed by atoms with Crippen LogP contribution in [0.15, 0.2) is 79.0 Å². The van der Waals surface area contributed by atoms with E-state index < -0.39 is 5.97 Å². The number of carboxylic acid groups (broad SMARTS) is 1. The van der Waals surface area contributed by atoms with Gasteiger partial charge in [-0.1, -0.05) is 54.1 Å². The van der Waals surface area contributed by atoms with Crippen LogP contribution in [0.1, 0.15) is 20.8 Å².